The average molecular weight is 223 g/mol. The molecule has 0 aliphatic heterocycles. The molecule has 0 unspecified atom stereocenters. The first-order chi connectivity index (χ1) is 8.34. The fourth-order valence-electron chi connectivity index (χ4n) is 1.75. The Balaban J connectivity index is 1.94. The second kappa shape index (κ2) is 6.02. The molecule has 0 aromatic heterocycles. The van der Waals surface area contributed by atoms with Crippen molar-refractivity contribution in [2.75, 3.05) is 0 Å². The van der Waals surface area contributed by atoms with E-state index in [0.717, 1.165) is 6.42 Å². The standard InChI is InChI=1S/C16H17N/c17-16(13-15-9-5-2-6-10-15)12-11-14-7-3-1-4-8-14/h1-12,16H,13,17H2/b12-11-/t16-/m1/s1. The second-order valence-corrected chi connectivity index (χ2v) is 4.12. The van der Waals surface area contributed by atoms with E-state index in [9.17, 15) is 0 Å². The van der Waals surface area contributed by atoms with Gasteiger partial charge in [-0.1, -0.05) is 72.8 Å². The summed E-state index contributed by atoms with van der Waals surface area (Å²) >= 11 is 0. The molecular formula is C16H17N. The van der Waals surface area contributed by atoms with Gasteiger partial charge in [0.05, 0.1) is 0 Å². The molecule has 0 spiro atoms. The van der Waals surface area contributed by atoms with Crippen LogP contribution in [0.2, 0.25) is 0 Å². The van der Waals surface area contributed by atoms with Crippen LogP contribution < -0.4 is 5.73 Å². The first-order valence-corrected chi connectivity index (χ1v) is 5.87. The molecule has 2 aromatic rings. The van der Waals surface area contributed by atoms with Crippen molar-refractivity contribution in [1.29, 1.82) is 0 Å². The second-order valence-electron chi connectivity index (χ2n) is 4.12. The third-order valence-electron chi connectivity index (χ3n) is 2.65. The topological polar surface area (TPSA) is 26.0 Å². The van der Waals surface area contributed by atoms with Crippen molar-refractivity contribution in [1.82, 2.24) is 0 Å². The van der Waals surface area contributed by atoms with Crippen molar-refractivity contribution < 1.29 is 0 Å². The largest absolute Gasteiger partial charge is 0.324 e. The summed E-state index contributed by atoms with van der Waals surface area (Å²) in [6, 6.07) is 20.6. The van der Waals surface area contributed by atoms with Gasteiger partial charge in [-0.25, -0.2) is 0 Å². The highest BCUT2D eigenvalue weighted by molar-refractivity contribution is 5.49. The van der Waals surface area contributed by atoms with E-state index in [-0.39, 0.29) is 6.04 Å². The molecule has 86 valence electrons. The first kappa shape index (κ1) is 11.6. The van der Waals surface area contributed by atoms with Gasteiger partial charge in [-0.3, -0.25) is 0 Å². The van der Waals surface area contributed by atoms with Crippen LogP contribution in [-0.4, -0.2) is 6.04 Å². The van der Waals surface area contributed by atoms with Crippen molar-refractivity contribution in [3.05, 3.63) is 77.9 Å². The zero-order valence-electron chi connectivity index (χ0n) is 9.79. The van der Waals surface area contributed by atoms with Gasteiger partial charge < -0.3 is 5.73 Å². The third kappa shape index (κ3) is 3.89. The van der Waals surface area contributed by atoms with Crippen LogP contribution in [0.5, 0.6) is 0 Å². The maximum atomic E-state index is 6.07. The highest BCUT2D eigenvalue weighted by Crippen LogP contribution is 2.05. The average Bonchev–Trinajstić information content (AvgIpc) is 2.39. The zero-order chi connectivity index (χ0) is 11.9. The van der Waals surface area contributed by atoms with Gasteiger partial charge in [0, 0.05) is 6.04 Å². The minimum absolute atomic E-state index is 0.0672. The molecule has 0 radical (unpaired) electrons. The fraction of sp³-hybridized carbons (Fsp3) is 0.125. The van der Waals surface area contributed by atoms with Crippen LogP contribution in [0.1, 0.15) is 11.1 Å². The van der Waals surface area contributed by atoms with Gasteiger partial charge in [-0.05, 0) is 17.5 Å². The lowest BCUT2D eigenvalue weighted by molar-refractivity contribution is 0.813. The third-order valence-corrected chi connectivity index (χ3v) is 2.65. The minimum Gasteiger partial charge on any atom is -0.324 e. The fourth-order valence-corrected chi connectivity index (χ4v) is 1.75. The van der Waals surface area contributed by atoms with Crippen LogP contribution >= 0.6 is 0 Å². The lowest BCUT2D eigenvalue weighted by Gasteiger charge is -2.06. The van der Waals surface area contributed by atoms with Crippen molar-refractivity contribution in [2.24, 2.45) is 5.73 Å². The lowest BCUT2D eigenvalue weighted by Crippen LogP contribution is -2.19. The van der Waals surface area contributed by atoms with E-state index in [0.29, 0.717) is 0 Å². The lowest BCUT2D eigenvalue weighted by atomic mass is 10.1. The Morgan fingerprint density at radius 2 is 1.47 bits per heavy atom. The highest BCUT2D eigenvalue weighted by Gasteiger charge is 1.98. The molecule has 1 nitrogen and oxygen atoms in total. The van der Waals surface area contributed by atoms with Gasteiger partial charge in [0.15, 0.2) is 0 Å². The number of nitrogens with two attached hydrogens (primary N) is 1. The summed E-state index contributed by atoms with van der Waals surface area (Å²) in [7, 11) is 0. The molecule has 0 saturated heterocycles. The Morgan fingerprint density at radius 3 is 2.12 bits per heavy atom. The van der Waals surface area contributed by atoms with E-state index in [4.69, 9.17) is 5.73 Å². The molecule has 1 atom stereocenters. The molecule has 1 heteroatoms. The Labute approximate surface area is 103 Å². The maximum Gasteiger partial charge on any atom is 0.0267 e. The molecule has 17 heavy (non-hydrogen) atoms. The predicted octanol–water partition coefficient (Wildman–Crippen LogP) is 3.27. The van der Waals surface area contributed by atoms with Crippen molar-refractivity contribution in [3.8, 4) is 0 Å². The first-order valence-electron chi connectivity index (χ1n) is 5.87. The minimum atomic E-state index is 0.0672. The van der Waals surface area contributed by atoms with E-state index in [1.807, 2.05) is 36.4 Å². The normalized spacial score (nSPS) is 12.8. The molecule has 0 saturated carbocycles. The number of benzene rings is 2. The molecule has 0 bridgehead atoms. The van der Waals surface area contributed by atoms with E-state index < -0.39 is 0 Å². The number of hydrogen-bond acceptors (Lipinski definition) is 1. The summed E-state index contributed by atoms with van der Waals surface area (Å²) in [4.78, 5) is 0. The van der Waals surface area contributed by atoms with Crippen molar-refractivity contribution in [3.63, 3.8) is 0 Å². The van der Waals surface area contributed by atoms with Crippen LogP contribution in [0.25, 0.3) is 6.08 Å². The monoisotopic (exact) mass is 223 g/mol. The number of hydrogen-bond donors (Lipinski definition) is 1. The van der Waals surface area contributed by atoms with E-state index in [2.05, 4.69) is 36.4 Å². The van der Waals surface area contributed by atoms with E-state index in [1.165, 1.54) is 11.1 Å². The highest BCUT2D eigenvalue weighted by atomic mass is 14.6. The van der Waals surface area contributed by atoms with Gasteiger partial charge in [-0.2, -0.15) is 0 Å². The summed E-state index contributed by atoms with van der Waals surface area (Å²) in [5.74, 6) is 0. The Kier molecular flexibility index (Phi) is 4.11. The van der Waals surface area contributed by atoms with Crippen LogP contribution in [0.15, 0.2) is 66.7 Å². The van der Waals surface area contributed by atoms with Crippen LogP contribution in [0.3, 0.4) is 0 Å². The van der Waals surface area contributed by atoms with Gasteiger partial charge in [0.2, 0.25) is 0 Å². The SMILES string of the molecule is N[C@H](/C=C\c1ccccc1)Cc1ccccc1. The quantitative estimate of drug-likeness (QED) is 0.845. The smallest absolute Gasteiger partial charge is 0.0267 e. The Bertz CT molecular complexity index is 459. The Morgan fingerprint density at radius 1 is 0.882 bits per heavy atom. The molecule has 0 aliphatic rings. The molecular weight excluding hydrogens is 206 g/mol. The van der Waals surface area contributed by atoms with Gasteiger partial charge in [0.25, 0.3) is 0 Å². The summed E-state index contributed by atoms with van der Waals surface area (Å²) in [5, 5.41) is 0. The van der Waals surface area contributed by atoms with E-state index >= 15 is 0 Å². The van der Waals surface area contributed by atoms with Gasteiger partial charge >= 0.3 is 0 Å². The van der Waals surface area contributed by atoms with Gasteiger partial charge in [-0.15, -0.1) is 0 Å². The molecule has 2 N–H and O–H groups in total. The van der Waals surface area contributed by atoms with E-state index in [1.54, 1.807) is 0 Å². The molecule has 0 heterocycles. The maximum absolute atomic E-state index is 6.07. The van der Waals surface area contributed by atoms with Crippen LogP contribution in [0.4, 0.5) is 0 Å². The zero-order valence-corrected chi connectivity index (χ0v) is 9.79. The summed E-state index contributed by atoms with van der Waals surface area (Å²) < 4.78 is 0. The molecule has 0 aliphatic carbocycles. The number of rotatable bonds is 4. The van der Waals surface area contributed by atoms with Crippen LogP contribution in [0, 0.1) is 0 Å². The molecule has 2 aromatic carbocycles. The van der Waals surface area contributed by atoms with Crippen LogP contribution in [-0.2, 0) is 6.42 Å². The molecule has 0 fully saturated rings. The van der Waals surface area contributed by atoms with Gasteiger partial charge in [0.1, 0.15) is 0 Å². The predicted molar refractivity (Wildman–Crippen MR) is 73.6 cm³/mol. The summed E-state index contributed by atoms with van der Waals surface area (Å²) in [5.41, 5.74) is 8.53. The summed E-state index contributed by atoms with van der Waals surface area (Å²) in [6.07, 6.45) is 5.01. The molecule has 0 amide bonds. The van der Waals surface area contributed by atoms with Crippen molar-refractivity contribution >= 4 is 6.08 Å². The molecule has 2 rings (SSSR count). The van der Waals surface area contributed by atoms with Crippen molar-refractivity contribution in [2.45, 2.75) is 12.5 Å². The Hall–Kier alpha value is -1.86. The summed E-state index contributed by atoms with van der Waals surface area (Å²) in [6.45, 7) is 0.